The SMILES string of the molecule is c1[nH]nnc1C1COCC[N]1. The Bertz CT molecular complexity index is 204. The number of aromatic amines is 1. The van der Waals surface area contributed by atoms with Crippen LogP contribution in [0.1, 0.15) is 11.7 Å². The van der Waals surface area contributed by atoms with E-state index in [1.807, 2.05) is 0 Å². The molecule has 2 heterocycles. The summed E-state index contributed by atoms with van der Waals surface area (Å²) < 4.78 is 5.23. The van der Waals surface area contributed by atoms with Gasteiger partial charge in [0.15, 0.2) is 0 Å². The number of nitrogens with zero attached hydrogens (tertiary/aromatic N) is 3. The molecule has 59 valence electrons. The summed E-state index contributed by atoms with van der Waals surface area (Å²) in [5.41, 5.74) is 0.865. The topological polar surface area (TPSA) is 64.9 Å². The zero-order chi connectivity index (χ0) is 7.52. The maximum atomic E-state index is 5.23. The Morgan fingerprint density at radius 1 is 1.64 bits per heavy atom. The van der Waals surface area contributed by atoms with Crippen LogP contribution in [0, 0.1) is 0 Å². The molecule has 1 radical (unpaired) electrons. The molecule has 0 bridgehead atoms. The van der Waals surface area contributed by atoms with Gasteiger partial charge in [-0.3, -0.25) is 5.10 Å². The minimum atomic E-state index is 0.0856. The van der Waals surface area contributed by atoms with Crippen LogP contribution in [0.15, 0.2) is 6.20 Å². The van der Waals surface area contributed by atoms with Gasteiger partial charge in [0.2, 0.25) is 0 Å². The van der Waals surface area contributed by atoms with Gasteiger partial charge >= 0.3 is 0 Å². The van der Waals surface area contributed by atoms with E-state index in [1.54, 1.807) is 6.20 Å². The minimum Gasteiger partial charge on any atom is -0.378 e. The Kier molecular flexibility index (Phi) is 1.83. The number of ether oxygens (including phenoxy) is 1. The Morgan fingerprint density at radius 2 is 2.64 bits per heavy atom. The summed E-state index contributed by atoms with van der Waals surface area (Å²) in [5.74, 6) is 0. The van der Waals surface area contributed by atoms with Gasteiger partial charge in [-0.1, -0.05) is 5.21 Å². The fourth-order valence-corrected chi connectivity index (χ4v) is 1.07. The number of morpholine rings is 1. The van der Waals surface area contributed by atoms with Crippen molar-refractivity contribution in [3.05, 3.63) is 11.9 Å². The third-order valence-electron chi connectivity index (χ3n) is 1.64. The predicted octanol–water partition coefficient (Wildman–Crippen LogP) is -0.520. The number of hydrogen-bond donors (Lipinski definition) is 1. The molecular weight excluding hydrogens is 144 g/mol. The Balaban J connectivity index is 2.04. The van der Waals surface area contributed by atoms with Crippen LogP contribution in [0.5, 0.6) is 0 Å². The minimum absolute atomic E-state index is 0.0856. The van der Waals surface area contributed by atoms with Crippen molar-refractivity contribution in [2.24, 2.45) is 0 Å². The first-order chi connectivity index (χ1) is 5.47. The first kappa shape index (κ1) is 6.75. The summed E-state index contributed by atoms with van der Waals surface area (Å²) in [6, 6.07) is 0.0856. The maximum absolute atomic E-state index is 5.23. The van der Waals surface area contributed by atoms with Gasteiger partial charge in [-0.25, -0.2) is 5.32 Å². The third kappa shape index (κ3) is 1.38. The lowest BCUT2D eigenvalue weighted by Gasteiger charge is -2.19. The quantitative estimate of drug-likeness (QED) is 0.590. The van der Waals surface area contributed by atoms with E-state index in [0.29, 0.717) is 6.61 Å². The maximum Gasteiger partial charge on any atom is 0.103 e. The van der Waals surface area contributed by atoms with Gasteiger partial charge in [0.25, 0.3) is 0 Å². The van der Waals surface area contributed by atoms with Crippen LogP contribution in [0.2, 0.25) is 0 Å². The number of nitrogens with one attached hydrogen (secondary N) is 1. The van der Waals surface area contributed by atoms with E-state index in [4.69, 9.17) is 4.74 Å². The zero-order valence-electron chi connectivity index (χ0n) is 6.03. The van der Waals surface area contributed by atoms with E-state index in [-0.39, 0.29) is 6.04 Å². The average molecular weight is 153 g/mol. The Morgan fingerprint density at radius 3 is 3.27 bits per heavy atom. The molecular formula is C6H9N4O. The smallest absolute Gasteiger partial charge is 0.103 e. The number of H-pyrrole nitrogens is 1. The Labute approximate surface area is 64.1 Å². The van der Waals surface area contributed by atoms with Gasteiger partial charge in [-0.05, 0) is 0 Å². The monoisotopic (exact) mass is 153 g/mol. The second-order valence-corrected chi connectivity index (χ2v) is 2.40. The Hall–Kier alpha value is -0.940. The first-order valence-electron chi connectivity index (χ1n) is 3.57. The van der Waals surface area contributed by atoms with Gasteiger partial charge < -0.3 is 4.74 Å². The molecule has 1 unspecified atom stereocenters. The molecule has 1 atom stereocenters. The molecule has 1 aromatic heterocycles. The van der Waals surface area contributed by atoms with Crippen molar-refractivity contribution in [1.29, 1.82) is 0 Å². The molecule has 5 nitrogen and oxygen atoms in total. The van der Waals surface area contributed by atoms with Crippen molar-refractivity contribution in [3.63, 3.8) is 0 Å². The van der Waals surface area contributed by atoms with Crippen LogP contribution in [0.4, 0.5) is 0 Å². The van der Waals surface area contributed by atoms with Crippen LogP contribution in [-0.4, -0.2) is 35.2 Å². The standard InChI is InChI=1S/C6H9N4O/c1-2-11-4-6(7-1)5-3-8-10-9-5/h3,6H,1-2,4H2,(H,8,9,10). The molecule has 2 rings (SSSR count). The van der Waals surface area contributed by atoms with Crippen molar-refractivity contribution in [2.45, 2.75) is 6.04 Å². The van der Waals surface area contributed by atoms with Crippen LogP contribution >= 0.6 is 0 Å². The summed E-state index contributed by atoms with van der Waals surface area (Å²) in [6.45, 7) is 2.12. The molecule has 1 saturated heterocycles. The molecule has 0 aromatic carbocycles. The fraction of sp³-hybridized carbons (Fsp3) is 0.667. The molecule has 1 aliphatic heterocycles. The van der Waals surface area contributed by atoms with Gasteiger partial charge in [-0.2, -0.15) is 0 Å². The van der Waals surface area contributed by atoms with Gasteiger partial charge in [-0.15, -0.1) is 5.10 Å². The molecule has 0 aliphatic carbocycles. The lowest BCUT2D eigenvalue weighted by molar-refractivity contribution is 0.0732. The molecule has 0 amide bonds. The lowest BCUT2D eigenvalue weighted by atomic mass is 10.2. The normalized spacial score (nSPS) is 25.3. The van der Waals surface area contributed by atoms with Gasteiger partial charge in [0.1, 0.15) is 5.69 Å². The van der Waals surface area contributed by atoms with E-state index in [9.17, 15) is 0 Å². The molecule has 1 aromatic rings. The van der Waals surface area contributed by atoms with Crippen LogP contribution < -0.4 is 5.32 Å². The summed E-state index contributed by atoms with van der Waals surface area (Å²) in [5, 5.41) is 14.4. The van der Waals surface area contributed by atoms with Crippen molar-refractivity contribution < 1.29 is 4.74 Å². The van der Waals surface area contributed by atoms with E-state index in [0.717, 1.165) is 18.8 Å². The third-order valence-corrected chi connectivity index (χ3v) is 1.64. The average Bonchev–Trinajstić information content (AvgIpc) is 2.58. The van der Waals surface area contributed by atoms with Crippen molar-refractivity contribution >= 4 is 0 Å². The largest absolute Gasteiger partial charge is 0.378 e. The first-order valence-corrected chi connectivity index (χ1v) is 3.57. The lowest BCUT2D eigenvalue weighted by Crippen LogP contribution is -2.29. The summed E-state index contributed by atoms with van der Waals surface area (Å²) in [4.78, 5) is 0. The number of hydrogen-bond acceptors (Lipinski definition) is 3. The molecule has 1 N–H and O–H groups in total. The highest BCUT2D eigenvalue weighted by molar-refractivity contribution is 5.00. The van der Waals surface area contributed by atoms with Gasteiger partial charge in [0.05, 0.1) is 19.3 Å². The summed E-state index contributed by atoms with van der Waals surface area (Å²) in [7, 11) is 0. The number of aromatic nitrogens is 3. The zero-order valence-corrected chi connectivity index (χ0v) is 6.03. The summed E-state index contributed by atoms with van der Waals surface area (Å²) >= 11 is 0. The van der Waals surface area contributed by atoms with Crippen molar-refractivity contribution in [1.82, 2.24) is 20.7 Å². The van der Waals surface area contributed by atoms with Crippen molar-refractivity contribution in [2.75, 3.05) is 19.8 Å². The van der Waals surface area contributed by atoms with E-state index >= 15 is 0 Å². The van der Waals surface area contributed by atoms with E-state index < -0.39 is 0 Å². The van der Waals surface area contributed by atoms with Crippen LogP contribution in [0.3, 0.4) is 0 Å². The van der Waals surface area contributed by atoms with Crippen LogP contribution in [0.25, 0.3) is 0 Å². The van der Waals surface area contributed by atoms with E-state index in [1.165, 1.54) is 0 Å². The second kappa shape index (κ2) is 2.98. The second-order valence-electron chi connectivity index (χ2n) is 2.40. The van der Waals surface area contributed by atoms with Crippen LogP contribution in [-0.2, 0) is 4.74 Å². The molecule has 1 fully saturated rings. The molecule has 0 spiro atoms. The molecule has 11 heavy (non-hydrogen) atoms. The van der Waals surface area contributed by atoms with Crippen molar-refractivity contribution in [3.8, 4) is 0 Å². The predicted molar refractivity (Wildman–Crippen MR) is 36.9 cm³/mol. The van der Waals surface area contributed by atoms with E-state index in [2.05, 4.69) is 20.7 Å². The van der Waals surface area contributed by atoms with Gasteiger partial charge in [0, 0.05) is 12.7 Å². The highest BCUT2D eigenvalue weighted by Crippen LogP contribution is 2.12. The summed E-state index contributed by atoms with van der Waals surface area (Å²) in [6.07, 6.45) is 1.75. The molecule has 0 saturated carbocycles. The molecule has 1 aliphatic rings. The number of rotatable bonds is 1. The molecule has 5 heteroatoms. The highest BCUT2D eigenvalue weighted by atomic mass is 16.5. The highest BCUT2D eigenvalue weighted by Gasteiger charge is 2.18. The fourth-order valence-electron chi connectivity index (χ4n) is 1.07.